The molecule has 1 aromatic heterocycles. The van der Waals surface area contributed by atoms with Crippen molar-refractivity contribution >= 4 is 17.7 Å². The monoisotopic (exact) mass is 345 g/mol. The molecule has 1 aromatic carbocycles. The Balaban J connectivity index is 1.38. The van der Waals surface area contributed by atoms with E-state index in [4.69, 9.17) is 4.42 Å². The van der Waals surface area contributed by atoms with Gasteiger partial charge in [-0.2, -0.15) is 11.8 Å². The molecule has 2 N–H and O–H groups in total. The van der Waals surface area contributed by atoms with Crippen molar-refractivity contribution in [1.29, 1.82) is 0 Å². The Bertz CT molecular complexity index is 639. The molecule has 5 nitrogen and oxygen atoms in total. The first-order valence-electron chi connectivity index (χ1n) is 8.39. The van der Waals surface area contributed by atoms with Gasteiger partial charge in [0, 0.05) is 24.0 Å². The number of nitrogens with one attached hydrogen (secondary N) is 2. The number of hydrogen-bond acceptors (Lipinski definition) is 5. The summed E-state index contributed by atoms with van der Waals surface area (Å²) >= 11 is 1.81. The molecule has 0 atom stereocenters. The van der Waals surface area contributed by atoms with Gasteiger partial charge >= 0.3 is 0 Å². The number of piperidine rings is 1. The van der Waals surface area contributed by atoms with Crippen molar-refractivity contribution in [3.63, 3.8) is 0 Å². The minimum absolute atomic E-state index is 0.153. The Morgan fingerprint density at radius 1 is 1.29 bits per heavy atom. The van der Waals surface area contributed by atoms with Gasteiger partial charge in [0.25, 0.3) is 5.91 Å². The molecule has 6 heteroatoms. The van der Waals surface area contributed by atoms with Crippen LogP contribution in [0.4, 0.5) is 0 Å². The first kappa shape index (κ1) is 17.0. The van der Waals surface area contributed by atoms with E-state index < -0.39 is 0 Å². The van der Waals surface area contributed by atoms with E-state index in [0.29, 0.717) is 24.0 Å². The van der Waals surface area contributed by atoms with E-state index in [1.54, 1.807) is 11.8 Å². The number of oxazole rings is 1. The van der Waals surface area contributed by atoms with Gasteiger partial charge in [-0.25, -0.2) is 4.98 Å². The van der Waals surface area contributed by atoms with Crippen LogP contribution >= 0.6 is 11.8 Å². The molecule has 0 saturated carbocycles. The molecule has 1 saturated heterocycles. The van der Waals surface area contributed by atoms with Gasteiger partial charge in [0.15, 0.2) is 11.6 Å². The van der Waals surface area contributed by atoms with Crippen LogP contribution in [0.15, 0.2) is 41.0 Å². The van der Waals surface area contributed by atoms with Crippen molar-refractivity contribution in [2.45, 2.75) is 24.5 Å². The average Bonchev–Trinajstić information content (AvgIpc) is 3.13. The van der Waals surface area contributed by atoms with Crippen molar-refractivity contribution in [3.05, 3.63) is 53.7 Å². The maximum Gasteiger partial charge on any atom is 0.273 e. The fourth-order valence-electron chi connectivity index (χ4n) is 2.74. The van der Waals surface area contributed by atoms with Crippen LogP contribution < -0.4 is 10.6 Å². The minimum Gasteiger partial charge on any atom is -0.448 e. The normalized spacial score (nSPS) is 15.3. The van der Waals surface area contributed by atoms with Gasteiger partial charge in [-0.05, 0) is 31.5 Å². The summed E-state index contributed by atoms with van der Waals surface area (Å²) in [6, 6.07) is 10.3. The predicted molar refractivity (Wildman–Crippen MR) is 96.3 cm³/mol. The van der Waals surface area contributed by atoms with E-state index in [9.17, 15) is 4.79 Å². The number of rotatable bonds is 7. The van der Waals surface area contributed by atoms with Crippen molar-refractivity contribution in [3.8, 4) is 0 Å². The first-order valence-corrected chi connectivity index (χ1v) is 9.54. The molecule has 2 heterocycles. The van der Waals surface area contributed by atoms with Gasteiger partial charge in [0.05, 0.1) is 0 Å². The van der Waals surface area contributed by atoms with Crippen LogP contribution in [0.2, 0.25) is 0 Å². The molecule has 24 heavy (non-hydrogen) atoms. The van der Waals surface area contributed by atoms with Crippen molar-refractivity contribution < 1.29 is 9.21 Å². The Kier molecular flexibility index (Phi) is 6.32. The summed E-state index contributed by atoms with van der Waals surface area (Å²) in [5.41, 5.74) is 1.69. The van der Waals surface area contributed by atoms with E-state index in [1.807, 2.05) is 18.2 Å². The number of thioether (sulfide) groups is 1. The summed E-state index contributed by atoms with van der Waals surface area (Å²) in [5, 5.41) is 6.22. The topological polar surface area (TPSA) is 67.2 Å². The molecule has 1 aliphatic heterocycles. The van der Waals surface area contributed by atoms with Gasteiger partial charge in [-0.3, -0.25) is 4.79 Å². The lowest BCUT2D eigenvalue weighted by Gasteiger charge is -2.19. The third-order valence-electron chi connectivity index (χ3n) is 4.09. The van der Waals surface area contributed by atoms with Crippen LogP contribution in [0.1, 0.15) is 40.7 Å². The Morgan fingerprint density at radius 2 is 2.08 bits per heavy atom. The van der Waals surface area contributed by atoms with Gasteiger partial charge in [0.1, 0.15) is 6.26 Å². The number of aromatic nitrogens is 1. The van der Waals surface area contributed by atoms with Crippen molar-refractivity contribution in [2.24, 2.45) is 0 Å². The molecule has 0 radical (unpaired) electrons. The first-order chi connectivity index (χ1) is 11.8. The molecule has 3 rings (SSSR count). The molecule has 128 valence electrons. The van der Waals surface area contributed by atoms with Crippen LogP contribution in [0.3, 0.4) is 0 Å². The molecule has 1 fully saturated rings. The summed E-state index contributed by atoms with van der Waals surface area (Å²) in [5.74, 6) is 2.70. The second-order valence-electron chi connectivity index (χ2n) is 5.89. The van der Waals surface area contributed by atoms with Crippen LogP contribution in [0.5, 0.6) is 0 Å². The van der Waals surface area contributed by atoms with Gasteiger partial charge in [-0.15, -0.1) is 0 Å². The molecule has 0 bridgehead atoms. The van der Waals surface area contributed by atoms with Crippen LogP contribution in [0, 0.1) is 0 Å². The van der Waals surface area contributed by atoms with E-state index >= 15 is 0 Å². The molecule has 0 unspecified atom stereocenters. The maximum absolute atomic E-state index is 12.1. The van der Waals surface area contributed by atoms with Gasteiger partial charge in [-0.1, -0.05) is 30.3 Å². The van der Waals surface area contributed by atoms with Gasteiger partial charge in [0.2, 0.25) is 0 Å². The minimum atomic E-state index is -0.153. The summed E-state index contributed by atoms with van der Waals surface area (Å²) < 4.78 is 5.51. The van der Waals surface area contributed by atoms with Crippen LogP contribution in [-0.4, -0.2) is 36.3 Å². The molecule has 1 amide bonds. The molecule has 2 aromatic rings. The lowest BCUT2D eigenvalue weighted by molar-refractivity contribution is 0.0951. The number of hydrogen-bond donors (Lipinski definition) is 2. The van der Waals surface area contributed by atoms with E-state index in [2.05, 4.69) is 27.8 Å². The lowest BCUT2D eigenvalue weighted by atomic mass is 9.98. The second kappa shape index (κ2) is 8.89. The second-order valence-corrected chi connectivity index (χ2v) is 6.99. The van der Waals surface area contributed by atoms with Crippen molar-refractivity contribution in [2.75, 3.05) is 25.4 Å². The van der Waals surface area contributed by atoms with Crippen LogP contribution in [0.25, 0.3) is 0 Å². The molecule has 0 aliphatic carbocycles. The highest BCUT2D eigenvalue weighted by Crippen LogP contribution is 2.24. The average molecular weight is 345 g/mol. The Labute approximate surface area is 146 Å². The van der Waals surface area contributed by atoms with Gasteiger partial charge < -0.3 is 15.1 Å². The number of carbonyl (C=O) groups excluding carboxylic acids is 1. The Morgan fingerprint density at radius 3 is 2.88 bits per heavy atom. The molecular formula is C18H23N3O2S. The number of amides is 1. The van der Waals surface area contributed by atoms with E-state index in [1.165, 1.54) is 11.8 Å². The van der Waals surface area contributed by atoms with Crippen molar-refractivity contribution in [1.82, 2.24) is 15.6 Å². The number of benzene rings is 1. The lowest BCUT2D eigenvalue weighted by Crippen LogP contribution is -2.27. The zero-order valence-electron chi connectivity index (χ0n) is 13.7. The third-order valence-corrected chi connectivity index (χ3v) is 5.12. The molecule has 0 spiro atoms. The summed E-state index contributed by atoms with van der Waals surface area (Å²) in [6.07, 6.45) is 3.50. The Hall–Kier alpha value is -1.79. The van der Waals surface area contributed by atoms with E-state index in [-0.39, 0.29) is 5.91 Å². The zero-order chi connectivity index (χ0) is 16.6. The zero-order valence-corrected chi connectivity index (χ0v) is 14.5. The number of nitrogens with zero attached hydrogens (tertiary/aromatic N) is 1. The maximum atomic E-state index is 12.1. The number of carbonyl (C=O) groups is 1. The smallest absolute Gasteiger partial charge is 0.273 e. The summed E-state index contributed by atoms with van der Waals surface area (Å²) in [4.78, 5) is 16.5. The summed E-state index contributed by atoms with van der Waals surface area (Å²) in [7, 11) is 0. The third kappa shape index (κ3) is 4.85. The largest absolute Gasteiger partial charge is 0.448 e. The highest BCUT2D eigenvalue weighted by atomic mass is 32.2. The quantitative estimate of drug-likeness (QED) is 0.755. The van der Waals surface area contributed by atoms with Crippen LogP contribution in [-0.2, 0) is 5.75 Å². The SMILES string of the molecule is O=C(NCCSCc1ccccc1)c1coc(C2CCNCC2)n1. The highest BCUT2D eigenvalue weighted by Gasteiger charge is 2.21. The van der Waals surface area contributed by atoms with E-state index in [0.717, 1.165) is 37.4 Å². The standard InChI is InChI=1S/C18H23N3O2S/c22-17(20-10-11-24-13-14-4-2-1-3-5-14)16-12-23-18(21-16)15-6-8-19-9-7-15/h1-5,12,15,19H,6-11,13H2,(H,20,22). The molecular weight excluding hydrogens is 322 g/mol. The highest BCUT2D eigenvalue weighted by molar-refractivity contribution is 7.98. The fourth-order valence-corrected chi connectivity index (χ4v) is 3.56. The summed E-state index contributed by atoms with van der Waals surface area (Å²) in [6.45, 7) is 2.59. The molecule has 1 aliphatic rings. The fraction of sp³-hybridized carbons (Fsp3) is 0.444. The predicted octanol–water partition coefficient (Wildman–Crippen LogP) is 2.80.